The van der Waals surface area contributed by atoms with Gasteiger partial charge in [-0.05, 0) is 72.9 Å². The molecule has 4 aromatic carbocycles. The Morgan fingerprint density at radius 1 is 0.902 bits per heavy atom. The van der Waals surface area contributed by atoms with Crippen LogP contribution in [0.15, 0.2) is 108 Å². The van der Waals surface area contributed by atoms with Gasteiger partial charge >= 0.3 is 6.03 Å². The number of halogens is 1. The van der Waals surface area contributed by atoms with Crippen molar-refractivity contribution in [3.05, 3.63) is 135 Å². The number of anilines is 1. The molecular formula is C34H33ClN4O2. The maximum absolute atomic E-state index is 14.0. The number of carbonyl (C=O) groups excluding carboxylic acids is 1. The first-order valence-corrected chi connectivity index (χ1v) is 14.3. The Morgan fingerprint density at radius 2 is 1.63 bits per heavy atom. The Bertz CT molecular complexity index is 1700. The number of rotatable bonds is 9. The summed E-state index contributed by atoms with van der Waals surface area (Å²) in [6, 6.07) is 31.7. The normalized spacial score (nSPS) is 11.8. The average molecular weight is 565 g/mol. The number of para-hydroxylation sites is 1. The minimum absolute atomic E-state index is 0.161. The van der Waals surface area contributed by atoms with E-state index >= 15 is 0 Å². The molecule has 5 aromatic rings. The summed E-state index contributed by atoms with van der Waals surface area (Å²) in [7, 11) is 0. The highest BCUT2D eigenvalue weighted by Gasteiger charge is 2.29. The first-order chi connectivity index (χ1) is 20.0. The molecular weight excluding hydrogens is 532 g/mol. The van der Waals surface area contributed by atoms with Gasteiger partial charge in [-0.15, -0.1) is 0 Å². The minimum atomic E-state index is -0.485. The number of carbonyl (C=O) groups is 1. The largest absolute Gasteiger partial charge is 0.322 e. The predicted molar refractivity (Wildman–Crippen MR) is 167 cm³/mol. The Kier molecular flexibility index (Phi) is 8.80. The molecule has 1 atom stereocenters. The summed E-state index contributed by atoms with van der Waals surface area (Å²) in [6.07, 6.45) is 2.09. The van der Waals surface area contributed by atoms with Gasteiger partial charge in [0.15, 0.2) is 0 Å². The van der Waals surface area contributed by atoms with Crippen LogP contribution >= 0.6 is 11.6 Å². The first-order valence-electron chi connectivity index (χ1n) is 14.0. The van der Waals surface area contributed by atoms with Crippen LogP contribution in [-0.4, -0.2) is 27.0 Å². The molecule has 0 aliphatic carbocycles. The van der Waals surface area contributed by atoms with Crippen molar-refractivity contribution in [2.24, 2.45) is 0 Å². The summed E-state index contributed by atoms with van der Waals surface area (Å²) in [6.45, 7) is 4.53. The van der Waals surface area contributed by atoms with Crippen LogP contribution in [0.5, 0.6) is 0 Å². The SMILES string of the molecule is CCc1ccc(-n2c(C(CC)N(CCc3ccccc3)C(=O)Nc3cccc(Cl)c3)nc3ccccc3c2=O)cc1. The molecule has 2 amide bonds. The van der Waals surface area contributed by atoms with Gasteiger partial charge < -0.3 is 10.2 Å². The lowest BCUT2D eigenvalue weighted by molar-refractivity contribution is 0.182. The highest BCUT2D eigenvalue weighted by Crippen LogP contribution is 2.28. The fraction of sp³-hybridized carbons (Fsp3) is 0.206. The number of amides is 2. The number of aromatic nitrogens is 2. The summed E-state index contributed by atoms with van der Waals surface area (Å²) >= 11 is 6.20. The van der Waals surface area contributed by atoms with E-state index in [9.17, 15) is 9.59 Å². The molecule has 5 rings (SSSR count). The van der Waals surface area contributed by atoms with Gasteiger partial charge in [0, 0.05) is 17.3 Å². The van der Waals surface area contributed by atoms with E-state index in [1.165, 1.54) is 5.56 Å². The average Bonchev–Trinajstić information content (AvgIpc) is 3.00. The summed E-state index contributed by atoms with van der Waals surface area (Å²) in [5.74, 6) is 0.523. The van der Waals surface area contributed by atoms with E-state index in [1.54, 1.807) is 39.8 Å². The van der Waals surface area contributed by atoms with Crippen LogP contribution in [-0.2, 0) is 12.8 Å². The molecule has 0 spiro atoms. The van der Waals surface area contributed by atoms with Gasteiger partial charge in [0.05, 0.1) is 22.6 Å². The smallest absolute Gasteiger partial charge is 0.314 e. The maximum atomic E-state index is 14.0. The molecule has 208 valence electrons. The van der Waals surface area contributed by atoms with Crippen LogP contribution in [0.2, 0.25) is 5.02 Å². The molecule has 6 nitrogen and oxygen atoms in total. The zero-order valence-electron chi connectivity index (χ0n) is 23.3. The standard InChI is InChI=1S/C34H33ClN4O2/c1-3-24-17-19-28(20-18-24)39-32(37-30-16-9-8-15-29(30)33(39)40)31(4-2)38(22-21-25-11-6-5-7-12-25)34(41)36-27-14-10-13-26(35)23-27/h5-20,23,31H,3-4,21-22H2,1-2H3,(H,36,41). The zero-order valence-corrected chi connectivity index (χ0v) is 24.0. The van der Waals surface area contributed by atoms with Crippen LogP contribution in [0.25, 0.3) is 16.6 Å². The van der Waals surface area contributed by atoms with Gasteiger partial charge in [-0.3, -0.25) is 9.36 Å². The van der Waals surface area contributed by atoms with E-state index < -0.39 is 6.04 Å². The third kappa shape index (κ3) is 6.34. The van der Waals surface area contributed by atoms with Crippen LogP contribution in [0, 0.1) is 0 Å². The summed E-state index contributed by atoms with van der Waals surface area (Å²) in [5.41, 5.74) is 4.05. The number of fused-ring (bicyclic) bond motifs is 1. The van der Waals surface area contributed by atoms with E-state index in [0.29, 0.717) is 46.8 Å². The van der Waals surface area contributed by atoms with Crippen molar-refractivity contribution in [3.63, 3.8) is 0 Å². The molecule has 1 heterocycles. The molecule has 1 N–H and O–H groups in total. The summed E-state index contributed by atoms with van der Waals surface area (Å²) in [5, 5.41) is 4.08. The van der Waals surface area contributed by atoms with E-state index in [0.717, 1.165) is 17.7 Å². The number of urea groups is 1. The fourth-order valence-electron chi connectivity index (χ4n) is 5.10. The van der Waals surface area contributed by atoms with E-state index in [4.69, 9.17) is 16.6 Å². The van der Waals surface area contributed by atoms with E-state index in [2.05, 4.69) is 12.2 Å². The summed E-state index contributed by atoms with van der Waals surface area (Å²) in [4.78, 5) is 34.8. The Morgan fingerprint density at radius 3 is 2.34 bits per heavy atom. The van der Waals surface area contributed by atoms with E-state index in [-0.39, 0.29) is 11.6 Å². The van der Waals surface area contributed by atoms with Crippen LogP contribution < -0.4 is 10.9 Å². The van der Waals surface area contributed by atoms with Crippen molar-refractivity contribution in [1.29, 1.82) is 0 Å². The van der Waals surface area contributed by atoms with Crippen LogP contribution in [0.1, 0.15) is 43.3 Å². The van der Waals surface area contributed by atoms with Gasteiger partial charge in [-0.2, -0.15) is 0 Å². The lowest BCUT2D eigenvalue weighted by atomic mass is 10.1. The van der Waals surface area contributed by atoms with Crippen molar-refractivity contribution < 1.29 is 4.79 Å². The number of nitrogens with one attached hydrogen (secondary N) is 1. The quantitative estimate of drug-likeness (QED) is 0.198. The molecule has 7 heteroatoms. The number of hydrogen-bond acceptors (Lipinski definition) is 3. The second-order valence-corrected chi connectivity index (χ2v) is 10.4. The molecule has 0 saturated carbocycles. The molecule has 0 fully saturated rings. The molecule has 0 radical (unpaired) electrons. The zero-order chi connectivity index (χ0) is 28.8. The number of aryl methyl sites for hydroxylation is 1. The monoisotopic (exact) mass is 564 g/mol. The van der Waals surface area contributed by atoms with Crippen molar-refractivity contribution >= 4 is 34.2 Å². The Hall–Kier alpha value is -4.42. The van der Waals surface area contributed by atoms with Crippen LogP contribution in [0.4, 0.5) is 10.5 Å². The molecule has 1 aromatic heterocycles. The molecule has 0 saturated heterocycles. The first kappa shape index (κ1) is 28.1. The highest BCUT2D eigenvalue weighted by molar-refractivity contribution is 6.30. The van der Waals surface area contributed by atoms with E-state index in [1.807, 2.05) is 79.7 Å². The number of benzene rings is 4. The highest BCUT2D eigenvalue weighted by atomic mass is 35.5. The topological polar surface area (TPSA) is 67.2 Å². The number of nitrogens with zero attached hydrogens (tertiary/aromatic N) is 3. The summed E-state index contributed by atoms with van der Waals surface area (Å²) < 4.78 is 1.66. The maximum Gasteiger partial charge on any atom is 0.322 e. The third-order valence-electron chi connectivity index (χ3n) is 7.29. The lowest BCUT2D eigenvalue weighted by Crippen LogP contribution is -2.42. The molecule has 0 bridgehead atoms. The predicted octanol–water partition coefficient (Wildman–Crippen LogP) is 7.83. The molecule has 0 aliphatic rings. The Labute approximate surface area is 245 Å². The fourth-order valence-corrected chi connectivity index (χ4v) is 5.29. The number of hydrogen-bond donors (Lipinski definition) is 1. The minimum Gasteiger partial charge on any atom is -0.314 e. The molecule has 1 unspecified atom stereocenters. The van der Waals surface area contributed by atoms with Gasteiger partial charge in [-0.1, -0.05) is 86.1 Å². The van der Waals surface area contributed by atoms with Crippen molar-refractivity contribution in [3.8, 4) is 5.69 Å². The van der Waals surface area contributed by atoms with Crippen molar-refractivity contribution in [2.75, 3.05) is 11.9 Å². The second-order valence-electron chi connectivity index (χ2n) is 9.94. The van der Waals surface area contributed by atoms with Crippen molar-refractivity contribution in [2.45, 2.75) is 39.2 Å². The third-order valence-corrected chi connectivity index (χ3v) is 7.52. The van der Waals surface area contributed by atoms with Gasteiger partial charge in [0.1, 0.15) is 5.82 Å². The van der Waals surface area contributed by atoms with Crippen LogP contribution in [0.3, 0.4) is 0 Å². The van der Waals surface area contributed by atoms with Crippen molar-refractivity contribution in [1.82, 2.24) is 14.5 Å². The van der Waals surface area contributed by atoms with Gasteiger partial charge in [-0.25, -0.2) is 9.78 Å². The van der Waals surface area contributed by atoms with Gasteiger partial charge in [0.2, 0.25) is 0 Å². The Balaban J connectivity index is 1.63. The molecule has 41 heavy (non-hydrogen) atoms. The second kappa shape index (κ2) is 12.8. The van der Waals surface area contributed by atoms with Gasteiger partial charge in [0.25, 0.3) is 5.56 Å². The molecule has 0 aliphatic heterocycles. The lowest BCUT2D eigenvalue weighted by Gasteiger charge is -2.32.